The van der Waals surface area contributed by atoms with E-state index in [1.165, 1.54) is 4.57 Å². The van der Waals surface area contributed by atoms with Crippen LogP contribution in [0, 0.1) is 18.8 Å². The molecule has 0 spiro atoms. The standard InChI is InChI=1S/C42H54N6O9/c1-4-23-55-39(51)38(50)46-18-11-30(12-19-46)29-9-16-45(17-10-29)37(49)35(26-28-24-27(2)36-34(25-28)56-41(53)44(36)3)57-42(54)47-20-14-32(15-21-47)48-22-13-31-7-5-6-8-33(31)43-40(48)52/h5-8,24-25,29-30,32,35H,4,9-23,26H2,1-3H3,(H,43,52)/t35-/m1/s1. The van der Waals surface area contributed by atoms with Gasteiger partial charge in [0.05, 0.1) is 12.1 Å². The number of rotatable bonds is 8. The van der Waals surface area contributed by atoms with Gasteiger partial charge in [-0.15, -0.1) is 0 Å². The van der Waals surface area contributed by atoms with Crippen LogP contribution in [0.4, 0.5) is 15.3 Å². The minimum Gasteiger partial charge on any atom is -0.459 e. The van der Waals surface area contributed by atoms with Gasteiger partial charge in [0.1, 0.15) is 0 Å². The Hall–Kier alpha value is -5.34. The lowest BCUT2D eigenvalue weighted by Crippen LogP contribution is -2.52. The number of nitrogens with zero attached hydrogens (tertiary/aromatic N) is 5. The summed E-state index contributed by atoms with van der Waals surface area (Å²) in [5.41, 5.74) is 4.52. The fourth-order valence-corrected chi connectivity index (χ4v) is 9.14. The number of likely N-dealkylation sites (tertiary alicyclic amines) is 3. The van der Waals surface area contributed by atoms with Crippen LogP contribution >= 0.6 is 0 Å². The Kier molecular flexibility index (Phi) is 12.2. The third-order valence-electron chi connectivity index (χ3n) is 12.3. The van der Waals surface area contributed by atoms with Crippen LogP contribution in [0.1, 0.15) is 68.6 Å². The van der Waals surface area contributed by atoms with Gasteiger partial charge in [0.2, 0.25) is 0 Å². The molecule has 0 unspecified atom stereocenters. The molecular formula is C42H54N6O9. The molecule has 306 valence electrons. The van der Waals surface area contributed by atoms with Crippen LogP contribution in [-0.4, -0.2) is 119 Å². The van der Waals surface area contributed by atoms with E-state index in [0.29, 0.717) is 93.6 Å². The number of aromatic nitrogens is 1. The second-order valence-corrected chi connectivity index (χ2v) is 15.9. The van der Waals surface area contributed by atoms with Gasteiger partial charge >= 0.3 is 29.8 Å². The van der Waals surface area contributed by atoms with Gasteiger partial charge in [-0.3, -0.25) is 14.2 Å². The molecule has 5 amide bonds. The lowest BCUT2D eigenvalue weighted by atomic mass is 9.78. The SMILES string of the molecule is CCCOC(=O)C(=O)N1CCC(C2CCN(C(=O)[C@@H](Cc3cc(C)c4c(c3)oc(=O)n4C)OC(=O)N3CCC(N4CCc5ccccc5NC4=O)CC3)CC2)CC1. The molecule has 0 aliphatic carbocycles. The first-order valence-corrected chi connectivity index (χ1v) is 20.5. The molecule has 4 aliphatic rings. The second-order valence-electron chi connectivity index (χ2n) is 15.9. The summed E-state index contributed by atoms with van der Waals surface area (Å²) >= 11 is 0. The minimum atomic E-state index is -1.10. The third-order valence-corrected chi connectivity index (χ3v) is 12.3. The summed E-state index contributed by atoms with van der Waals surface area (Å²) in [6, 6.07) is 11.3. The summed E-state index contributed by atoms with van der Waals surface area (Å²) in [7, 11) is 1.65. The summed E-state index contributed by atoms with van der Waals surface area (Å²) in [5, 5.41) is 3.04. The molecule has 5 heterocycles. The lowest BCUT2D eigenvalue weighted by Gasteiger charge is -2.41. The smallest absolute Gasteiger partial charge is 0.419 e. The first-order chi connectivity index (χ1) is 27.5. The normalized spacial score (nSPS) is 19.2. The number of esters is 1. The molecule has 4 aliphatic heterocycles. The Bertz CT molecular complexity index is 2040. The maximum atomic E-state index is 14.3. The molecule has 7 rings (SSSR count). The maximum Gasteiger partial charge on any atom is 0.419 e. The molecule has 3 saturated heterocycles. The van der Waals surface area contributed by atoms with E-state index in [4.69, 9.17) is 13.9 Å². The van der Waals surface area contributed by atoms with Crippen LogP contribution in [-0.2, 0) is 43.7 Å². The third kappa shape index (κ3) is 8.81. The van der Waals surface area contributed by atoms with E-state index >= 15 is 0 Å². The van der Waals surface area contributed by atoms with Gasteiger partial charge in [0, 0.05) is 71.0 Å². The van der Waals surface area contributed by atoms with Crippen molar-refractivity contribution in [1.82, 2.24) is 24.2 Å². The van der Waals surface area contributed by atoms with E-state index in [-0.39, 0.29) is 31.0 Å². The van der Waals surface area contributed by atoms with Crippen molar-refractivity contribution in [2.24, 2.45) is 18.9 Å². The molecule has 57 heavy (non-hydrogen) atoms. The van der Waals surface area contributed by atoms with E-state index in [2.05, 4.69) is 5.32 Å². The Morgan fingerprint density at radius 2 is 1.51 bits per heavy atom. The molecule has 1 atom stereocenters. The Balaban J connectivity index is 0.980. The van der Waals surface area contributed by atoms with Crippen LogP contribution < -0.4 is 11.1 Å². The molecule has 15 nitrogen and oxygen atoms in total. The van der Waals surface area contributed by atoms with Crippen LogP contribution in [0.2, 0.25) is 0 Å². The Labute approximate surface area is 332 Å². The number of amides is 5. The number of piperidine rings is 3. The minimum absolute atomic E-state index is 0.0349. The predicted octanol–water partition coefficient (Wildman–Crippen LogP) is 4.47. The monoisotopic (exact) mass is 786 g/mol. The van der Waals surface area contributed by atoms with Crippen molar-refractivity contribution in [1.29, 1.82) is 0 Å². The molecule has 2 aromatic carbocycles. The highest BCUT2D eigenvalue weighted by Gasteiger charge is 2.38. The molecular weight excluding hydrogens is 732 g/mol. The average Bonchev–Trinajstić information content (AvgIpc) is 3.40. The lowest BCUT2D eigenvalue weighted by molar-refractivity contribution is -0.161. The van der Waals surface area contributed by atoms with Crippen molar-refractivity contribution in [3.05, 3.63) is 63.6 Å². The van der Waals surface area contributed by atoms with Gasteiger partial charge in [-0.2, -0.15) is 0 Å². The first kappa shape index (κ1) is 39.9. The van der Waals surface area contributed by atoms with Crippen LogP contribution in [0.5, 0.6) is 0 Å². The summed E-state index contributed by atoms with van der Waals surface area (Å²) in [4.78, 5) is 85.1. The average molecular weight is 787 g/mol. The zero-order chi connectivity index (χ0) is 40.2. The largest absolute Gasteiger partial charge is 0.459 e. The number of aryl methyl sites for hydroxylation is 2. The highest BCUT2D eigenvalue weighted by Crippen LogP contribution is 2.33. The number of nitrogens with one attached hydrogen (secondary N) is 1. The summed E-state index contributed by atoms with van der Waals surface area (Å²) in [5.74, 6) is -1.38. The second kappa shape index (κ2) is 17.4. The highest BCUT2D eigenvalue weighted by molar-refractivity contribution is 6.32. The molecule has 1 N–H and O–H groups in total. The number of anilines is 1. The van der Waals surface area contributed by atoms with Crippen LogP contribution in [0.25, 0.3) is 11.1 Å². The molecule has 3 fully saturated rings. The van der Waals surface area contributed by atoms with Gasteiger partial charge in [0.25, 0.3) is 5.91 Å². The number of ether oxygens (including phenoxy) is 2. The maximum absolute atomic E-state index is 14.3. The zero-order valence-electron chi connectivity index (χ0n) is 33.2. The fraction of sp³-hybridized carbons (Fsp3) is 0.571. The van der Waals surface area contributed by atoms with Crippen molar-refractivity contribution >= 4 is 46.7 Å². The molecule has 1 aromatic heterocycles. The number of urea groups is 1. The van der Waals surface area contributed by atoms with Gasteiger partial charge in [-0.05, 0) is 98.9 Å². The van der Waals surface area contributed by atoms with E-state index in [1.807, 2.05) is 49.1 Å². The molecule has 0 bridgehead atoms. The molecule has 0 radical (unpaired) electrons. The fourth-order valence-electron chi connectivity index (χ4n) is 9.14. The number of hydrogen-bond acceptors (Lipinski definition) is 9. The van der Waals surface area contributed by atoms with E-state index in [9.17, 15) is 28.8 Å². The molecule has 3 aromatic rings. The number of benzene rings is 2. The highest BCUT2D eigenvalue weighted by atomic mass is 16.6. The van der Waals surface area contributed by atoms with Crippen molar-refractivity contribution < 1.29 is 37.9 Å². The van der Waals surface area contributed by atoms with Crippen LogP contribution in [0.3, 0.4) is 0 Å². The van der Waals surface area contributed by atoms with Crippen molar-refractivity contribution in [2.75, 3.05) is 57.7 Å². The molecule has 15 heteroatoms. The van der Waals surface area contributed by atoms with Crippen molar-refractivity contribution in [3.63, 3.8) is 0 Å². The van der Waals surface area contributed by atoms with E-state index in [0.717, 1.165) is 48.9 Å². The van der Waals surface area contributed by atoms with Gasteiger partial charge in [-0.1, -0.05) is 31.2 Å². The van der Waals surface area contributed by atoms with Gasteiger partial charge in [0.15, 0.2) is 11.7 Å². The Morgan fingerprint density at radius 1 is 0.860 bits per heavy atom. The Morgan fingerprint density at radius 3 is 2.19 bits per heavy atom. The van der Waals surface area contributed by atoms with Crippen LogP contribution in [0.15, 0.2) is 45.6 Å². The predicted molar refractivity (Wildman–Crippen MR) is 210 cm³/mol. The van der Waals surface area contributed by atoms with E-state index < -0.39 is 29.8 Å². The van der Waals surface area contributed by atoms with Crippen molar-refractivity contribution in [3.8, 4) is 0 Å². The van der Waals surface area contributed by atoms with E-state index in [1.54, 1.807) is 27.8 Å². The van der Waals surface area contributed by atoms with Gasteiger partial charge < -0.3 is 38.8 Å². The zero-order valence-corrected chi connectivity index (χ0v) is 33.2. The quantitative estimate of drug-likeness (QED) is 0.256. The summed E-state index contributed by atoms with van der Waals surface area (Å²) in [6.45, 7) is 7.38. The summed E-state index contributed by atoms with van der Waals surface area (Å²) in [6.07, 6.45) is 4.16. The number of fused-ring (bicyclic) bond motifs is 2. The number of carbonyl (C=O) groups excluding carboxylic acids is 5. The summed E-state index contributed by atoms with van der Waals surface area (Å²) < 4.78 is 18.1. The number of oxazole rings is 1. The first-order valence-electron chi connectivity index (χ1n) is 20.5. The topological polar surface area (TPSA) is 164 Å². The van der Waals surface area contributed by atoms with Crippen molar-refractivity contribution in [2.45, 2.75) is 83.8 Å². The van der Waals surface area contributed by atoms with Gasteiger partial charge in [-0.25, -0.2) is 19.2 Å². The number of para-hydroxylation sites is 1. The number of hydrogen-bond donors (Lipinski definition) is 1. The molecule has 0 saturated carbocycles. The number of carbonyl (C=O) groups is 5.